The highest BCUT2D eigenvalue weighted by Gasteiger charge is 2.21. The molecule has 1 aliphatic heterocycles. The van der Waals surface area contributed by atoms with Crippen molar-refractivity contribution in [1.29, 1.82) is 0 Å². The summed E-state index contributed by atoms with van der Waals surface area (Å²) >= 11 is 0. The van der Waals surface area contributed by atoms with E-state index in [-0.39, 0.29) is 35.9 Å². The van der Waals surface area contributed by atoms with Crippen LogP contribution in [0.4, 0.5) is 5.69 Å². The maximum absolute atomic E-state index is 12.4. The third kappa shape index (κ3) is 4.70. The summed E-state index contributed by atoms with van der Waals surface area (Å²) in [6, 6.07) is 11.1. The summed E-state index contributed by atoms with van der Waals surface area (Å²) in [5.41, 5.74) is 0.817. The van der Waals surface area contributed by atoms with Gasteiger partial charge in [-0.2, -0.15) is 0 Å². The smallest absolute Gasteiger partial charge is 0.273 e. The van der Waals surface area contributed by atoms with Crippen LogP contribution >= 0.6 is 0 Å². The first kappa shape index (κ1) is 19.5. The molecule has 28 heavy (non-hydrogen) atoms. The van der Waals surface area contributed by atoms with Crippen LogP contribution in [0.1, 0.15) is 25.5 Å². The van der Waals surface area contributed by atoms with Gasteiger partial charge in [0.15, 0.2) is 18.1 Å². The van der Waals surface area contributed by atoms with Gasteiger partial charge in [-0.15, -0.1) is 0 Å². The van der Waals surface area contributed by atoms with E-state index >= 15 is 0 Å². The number of benzene rings is 2. The van der Waals surface area contributed by atoms with Crippen molar-refractivity contribution >= 4 is 11.6 Å². The van der Waals surface area contributed by atoms with Gasteiger partial charge in [0.1, 0.15) is 19.0 Å². The van der Waals surface area contributed by atoms with E-state index in [1.807, 2.05) is 32.0 Å². The van der Waals surface area contributed by atoms with Gasteiger partial charge in [-0.3, -0.25) is 14.9 Å². The number of nitrogens with one attached hydrogen (secondary N) is 1. The van der Waals surface area contributed by atoms with Crippen LogP contribution in [0, 0.1) is 16.0 Å². The Bertz CT molecular complexity index is 868. The van der Waals surface area contributed by atoms with Gasteiger partial charge in [0.25, 0.3) is 11.6 Å². The van der Waals surface area contributed by atoms with E-state index in [9.17, 15) is 14.9 Å². The molecular formula is C20H22N2O6. The zero-order valence-electron chi connectivity index (χ0n) is 15.7. The highest BCUT2D eigenvalue weighted by molar-refractivity contribution is 5.78. The van der Waals surface area contributed by atoms with Crippen molar-refractivity contribution in [2.75, 3.05) is 19.8 Å². The number of hydrogen-bond donors (Lipinski definition) is 1. The minimum Gasteiger partial charge on any atom is -0.486 e. The summed E-state index contributed by atoms with van der Waals surface area (Å²) in [5.74, 6) is 1.43. The first-order valence-electron chi connectivity index (χ1n) is 9.00. The predicted octanol–water partition coefficient (Wildman–Crippen LogP) is 3.26. The molecule has 3 rings (SSSR count). The summed E-state index contributed by atoms with van der Waals surface area (Å²) in [6.45, 7) is 4.78. The monoisotopic (exact) mass is 386 g/mol. The molecule has 8 nitrogen and oxygen atoms in total. The Labute approximate surface area is 162 Å². The third-order valence-electron chi connectivity index (χ3n) is 4.31. The Balaban J connectivity index is 1.65. The average Bonchev–Trinajstić information content (AvgIpc) is 2.70. The molecule has 0 radical (unpaired) electrons. The van der Waals surface area contributed by atoms with E-state index in [1.165, 1.54) is 18.2 Å². The minimum atomic E-state index is -0.510. The van der Waals surface area contributed by atoms with Crippen molar-refractivity contribution in [1.82, 2.24) is 5.32 Å². The molecule has 1 N–H and O–H groups in total. The number of fused-ring (bicyclic) bond motifs is 1. The number of hydrogen-bond acceptors (Lipinski definition) is 6. The Morgan fingerprint density at radius 2 is 1.93 bits per heavy atom. The molecule has 1 amide bonds. The van der Waals surface area contributed by atoms with E-state index in [0.29, 0.717) is 24.7 Å². The quantitative estimate of drug-likeness (QED) is 0.579. The van der Waals surface area contributed by atoms with Gasteiger partial charge in [-0.25, -0.2) is 0 Å². The average molecular weight is 386 g/mol. The number of nitrogens with zero attached hydrogens (tertiary/aromatic N) is 1. The fourth-order valence-corrected chi connectivity index (χ4v) is 2.94. The van der Waals surface area contributed by atoms with Crippen LogP contribution in [-0.4, -0.2) is 30.7 Å². The minimum absolute atomic E-state index is 0.0887. The van der Waals surface area contributed by atoms with Crippen molar-refractivity contribution in [3.63, 3.8) is 0 Å². The van der Waals surface area contributed by atoms with Crippen LogP contribution in [0.3, 0.4) is 0 Å². The fraction of sp³-hybridized carbons (Fsp3) is 0.350. The number of nitro benzene ring substituents is 1. The van der Waals surface area contributed by atoms with Crippen LogP contribution in [0.15, 0.2) is 42.5 Å². The maximum Gasteiger partial charge on any atom is 0.273 e. The SMILES string of the molecule is CC(C)[C@H](NC(=O)COc1cccc([N+](=O)[O-])c1)c1ccc2c(c1)OCCO2. The number of non-ortho nitro benzene ring substituents is 1. The largest absolute Gasteiger partial charge is 0.486 e. The third-order valence-corrected chi connectivity index (χ3v) is 4.31. The molecule has 0 unspecified atom stereocenters. The standard InChI is InChI=1S/C20H22N2O6/c1-13(2)20(14-6-7-17-18(10-14)27-9-8-26-17)21-19(23)12-28-16-5-3-4-15(11-16)22(24)25/h3-7,10-11,13,20H,8-9,12H2,1-2H3,(H,21,23)/t20-/m0/s1. The van der Waals surface area contributed by atoms with E-state index in [2.05, 4.69) is 5.32 Å². The maximum atomic E-state index is 12.4. The topological polar surface area (TPSA) is 99.9 Å². The summed E-state index contributed by atoms with van der Waals surface area (Å²) in [6.07, 6.45) is 0. The van der Waals surface area contributed by atoms with Gasteiger partial charge in [0.05, 0.1) is 17.0 Å². The van der Waals surface area contributed by atoms with E-state index < -0.39 is 4.92 Å². The van der Waals surface area contributed by atoms with Gasteiger partial charge in [-0.05, 0) is 29.7 Å². The molecule has 0 saturated carbocycles. The van der Waals surface area contributed by atoms with E-state index in [0.717, 1.165) is 5.56 Å². The molecule has 1 aliphatic rings. The Morgan fingerprint density at radius 3 is 2.64 bits per heavy atom. The van der Waals surface area contributed by atoms with Crippen LogP contribution in [0.5, 0.6) is 17.2 Å². The Kier molecular flexibility index (Phi) is 5.98. The molecule has 2 aromatic rings. The van der Waals surface area contributed by atoms with Crippen LogP contribution in [-0.2, 0) is 4.79 Å². The summed E-state index contributed by atoms with van der Waals surface area (Å²) in [7, 11) is 0. The van der Waals surface area contributed by atoms with Gasteiger partial charge >= 0.3 is 0 Å². The van der Waals surface area contributed by atoms with Crippen molar-refractivity contribution in [3.05, 3.63) is 58.1 Å². The lowest BCUT2D eigenvalue weighted by atomic mass is 9.95. The molecule has 2 aromatic carbocycles. The van der Waals surface area contributed by atoms with Crippen LogP contribution in [0.25, 0.3) is 0 Å². The number of nitro groups is 1. The first-order chi connectivity index (χ1) is 13.4. The van der Waals surface area contributed by atoms with Gasteiger partial charge < -0.3 is 19.5 Å². The number of rotatable bonds is 7. The van der Waals surface area contributed by atoms with E-state index in [1.54, 1.807) is 6.07 Å². The molecule has 0 aromatic heterocycles. The fourth-order valence-electron chi connectivity index (χ4n) is 2.94. The molecule has 0 fully saturated rings. The van der Waals surface area contributed by atoms with Crippen molar-refractivity contribution in [2.24, 2.45) is 5.92 Å². The number of carbonyl (C=O) groups excluding carboxylic acids is 1. The van der Waals surface area contributed by atoms with Gasteiger partial charge in [-0.1, -0.05) is 26.0 Å². The number of ether oxygens (including phenoxy) is 3. The van der Waals surface area contributed by atoms with Gasteiger partial charge in [0.2, 0.25) is 0 Å². The summed E-state index contributed by atoms with van der Waals surface area (Å²) < 4.78 is 16.6. The number of carbonyl (C=O) groups is 1. The normalized spacial score (nSPS) is 13.7. The summed E-state index contributed by atoms with van der Waals surface area (Å²) in [4.78, 5) is 22.7. The second-order valence-corrected chi connectivity index (χ2v) is 6.74. The number of amides is 1. The molecular weight excluding hydrogens is 364 g/mol. The van der Waals surface area contributed by atoms with Gasteiger partial charge in [0, 0.05) is 6.07 Å². The van der Waals surface area contributed by atoms with Crippen molar-refractivity contribution in [3.8, 4) is 17.2 Å². The molecule has 0 saturated heterocycles. The zero-order valence-corrected chi connectivity index (χ0v) is 15.7. The Hall–Kier alpha value is -3.29. The molecule has 8 heteroatoms. The van der Waals surface area contributed by atoms with Crippen LogP contribution in [0.2, 0.25) is 0 Å². The molecule has 1 heterocycles. The molecule has 0 aliphatic carbocycles. The highest BCUT2D eigenvalue weighted by Crippen LogP contribution is 2.34. The Morgan fingerprint density at radius 1 is 1.18 bits per heavy atom. The zero-order chi connectivity index (χ0) is 20.1. The molecule has 0 bridgehead atoms. The lowest BCUT2D eigenvalue weighted by molar-refractivity contribution is -0.384. The lowest BCUT2D eigenvalue weighted by Crippen LogP contribution is -2.35. The van der Waals surface area contributed by atoms with Crippen molar-refractivity contribution in [2.45, 2.75) is 19.9 Å². The predicted molar refractivity (Wildman–Crippen MR) is 102 cm³/mol. The second kappa shape index (κ2) is 8.60. The first-order valence-corrected chi connectivity index (χ1v) is 9.00. The molecule has 148 valence electrons. The molecule has 0 spiro atoms. The highest BCUT2D eigenvalue weighted by atomic mass is 16.6. The van der Waals surface area contributed by atoms with Crippen LogP contribution < -0.4 is 19.5 Å². The second-order valence-electron chi connectivity index (χ2n) is 6.74. The summed E-state index contributed by atoms with van der Waals surface area (Å²) in [5, 5.41) is 13.8. The lowest BCUT2D eigenvalue weighted by Gasteiger charge is -2.25. The molecule has 1 atom stereocenters. The van der Waals surface area contributed by atoms with Crippen molar-refractivity contribution < 1.29 is 23.9 Å². The van der Waals surface area contributed by atoms with E-state index in [4.69, 9.17) is 14.2 Å².